The van der Waals surface area contributed by atoms with Gasteiger partial charge in [0, 0.05) is 22.1 Å². The third-order valence-electron chi connectivity index (χ3n) is 7.24. The summed E-state index contributed by atoms with van der Waals surface area (Å²) in [7, 11) is -14.5. The van der Waals surface area contributed by atoms with E-state index in [1.54, 1.807) is 18.2 Å². The summed E-state index contributed by atoms with van der Waals surface area (Å²) in [5.41, 5.74) is 1.56. The molecule has 0 amide bonds. The minimum Gasteiger partial charge on any atom is -0.505 e. The molecule has 0 saturated heterocycles. The molecule has 0 heterocycles. The first-order valence-electron chi connectivity index (χ1n) is 14.1. The number of aromatic hydroxyl groups is 1. The van der Waals surface area contributed by atoms with E-state index in [2.05, 4.69) is 25.8 Å². The summed E-state index contributed by atoms with van der Waals surface area (Å²) >= 11 is 0. The SMILES string of the molecule is O=S(=O)(O)c1cc(S(=O)(=O)O)c2cc(N=Nc3ccc(N=Nc4c(S(=O)(=O)O)cc5cc(Nc6ccccc6)ccc5c4O)cc3)ccc2c1. The summed E-state index contributed by atoms with van der Waals surface area (Å²) in [4.78, 5) is -2.14. The predicted molar refractivity (Wildman–Crippen MR) is 184 cm³/mol. The monoisotopic (exact) mass is 733 g/mol. The van der Waals surface area contributed by atoms with Crippen molar-refractivity contribution in [1.82, 2.24) is 0 Å². The Morgan fingerprint density at radius 3 is 1.70 bits per heavy atom. The molecule has 6 aromatic rings. The number of azo groups is 2. The molecule has 0 atom stereocenters. The van der Waals surface area contributed by atoms with Gasteiger partial charge in [-0.2, -0.15) is 40.6 Å². The zero-order chi connectivity index (χ0) is 35.8. The Kier molecular flexibility index (Phi) is 8.91. The Morgan fingerprint density at radius 2 is 1.08 bits per heavy atom. The average molecular weight is 734 g/mol. The van der Waals surface area contributed by atoms with Gasteiger partial charge in [-0.3, -0.25) is 13.7 Å². The number of fused-ring (bicyclic) bond motifs is 2. The second-order valence-electron chi connectivity index (χ2n) is 10.7. The number of nitrogens with one attached hydrogen (secondary N) is 1. The smallest absolute Gasteiger partial charge is 0.296 e. The molecule has 0 fully saturated rings. The van der Waals surface area contributed by atoms with Crippen molar-refractivity contribution in [2.24, 2.45) is 20.5 Å². The molecule has 254 valence electrons. The number of hydrogen-bond acceptors (Lipinski definition) is 12. The summed E-state index contributed by atoms with van der Waals surface area (Å²) < 4.78 is 101. The van der Waals surface area contributed by atoms with Crippen molar-refractivity contribution >= 4 is 86.0 Å². The first-order valence-corrected chi connectivity index (χ1v) is 18.4. The highest BCUT2D eigenvalue weighted by Crippen LogP contribution is 2.42. The number of nitrogens with zero attached hydrogens (tertiary/aromatic N) is 4. The summed E-state index contributed by atoms with van der Waals surface area (Å²) in [5, 5.41) is 30.8. The van der Waals surface area contributed by atoms with Crippen LogP contribution in [0, 0.1) is 0 Å². The van der Waals surface area contributed by atoms with Crippen molar-refractivity contribution in [1.29, 1.82) is 0 Å². The van der Waals surface area contributed by atoms with Gasteiger partial charge in [0.05, 0.1) is 22.0 Å². The molecular weight excluding hydrogens is 711 g/mol. The minimum atomic E-state index is -4.90. The third-order valence-corrected chi connectivity index (χ3v) is 9.83. The number of benzene rings is 6. The van der Waals surface area contributed by atoms with E-state index in [9.17, 15) is 44.0 Å². The molecule has 0 aliphatic rings. The van der Waals surface area contributed by atoms with Crippen LogP contribution in [-0.2, 0) is 30.4 Å². The lowest BCUT2D eigenvalue weighted by atomic mass is 10.1. The number of phenolic OH excluding ortho intramolecular Hbond substituents is 1. The van der Waals surface area contributed by atoms with E-state index in [0.29, 0.717) is 22.8 Å². The predicted octanol–water partition coefficient (Wildman–Crippen LogP) is 8.01. The maximum atomic E-state index is 12.3. The molecule has 6 rings (SSSR count). The van der Waals surface area contributed by atoms with Crippen LogP contribution in [0.15, 0.2) is 144 Å². The lowest BCUT2D eigenvalue weighted by molar-refractivity contribution is 0.472. The fourth-order valence-corrected chi connectivity index (χ4v) is 6.94. The van der Waals surface area contributed by atoms with Crippen LogP contribution in [-0.4, -0.2) is 44.0 Å². The maximum Gasteiger partial charge on any atom is 0.296 e. The summed E-state index contributed by atoms with van der Waals surface area (Å²) in [5.74, 6) is -0.516. The Balaban J connectivity index is 1.27. The average Bonchev–Trinajstić information content (AvgIpc) is 3.06. The largest absolute Gasteiger partial charge is 0.505 e. The summed E-state index contributed by atoms with van der Waals surface area (Å²) in [6.45, 7) is 0. The summed E-state index contributed by atoms with van der Waals surface area (Å²) in [6.07, 6.45) is 0. The van der Waals surface area contributed by atoms with E-state index in [-0.39, 0.29) is 27.5 Å². The summed E-state index contributed by atoms with van der Waals surface area (Å²) in [6, 6.07) is 26.8. The number of anilines is 2. The fraction of sp³-hybridized carbons (Fsp3) is 0. The highest BCUT2D eigenvalue weighted by atomic mass is 32.2. The van der Waals surface area contributed by atoms with Crippen molar-refractivity contribution in [2.45, 2.75) is 14.7 Å². The second kappa shape index (κ2) is 13.0. The molecule has 0 spiro atoms. The topological polar surface area (TPSA) is 245 Å². The molecule has 18 heteroatoms. The molecule has 50 heavy (non-hydrogen) atoms. The molecule has 15 nitrogen and oxygen atoms in total. The van der Waals surface area contributed by atoms with Gasteiger partial charge in [0.2, 0.25) is 0 Å². The Bertz CT molecular complexity index is 2700. The zero-order valence-corrected chi connectivity index (χ0v) is 27.6. The van der Waals surface area contributed by atoms with E-state index in [1.807, 2.05) is 30.3 Å². The quantitative estimate of drug-likeness (QED) is 0.0703. The number of phenols is 1. The Labute approximate surface area is 284 Å². The van der Waals surface area contributed by atoms with Gasteiger partial charge in [-0.05, 0) is 95.7 Å². The van der Waals surface area contributed by atoms with Crippen LogP contribution in [0.2, 0.25) is 0 Å². The van der Waals surface area contributed by atoms with E-state index >= 15 is 0 Å². The molecule has 5 N–H and O–H groups in total. The number of rotatable bonds is 9. The molecule has 0 bridgehead atoms. The van der Waals surface area contributed by atoms with Crippen LogP contribution in [0.1, 0.15) is 0 Å². The minimum absolute atomic E-state index is 0.0717. The first kappa shape index (κ1) is 34.2. The Morgan fingerprint density at radius 1 is 0.480 bits per heavy atom. The molecule has 0 unspecified atom stereocenters. The standard InChI is InChI=1S/C32H23N5O10S3/c38-32-27-13-12-24(33-21-4-2-1-3-5-21)14-20(27)16-30(50(45,46)47)31(32)37-35-23-10-8-22(9-11-23)34-36-25-7-6-19-15-26(48(39,40)41)18-29(28(19)17-25)49(42,43)44/h1-18,33,38H,(H,39,40,41)(H,42,43,44)(H,45,46,47). The lowest BCUT2D eigenvalue weighted by Crippen LogP contribution is -2.04. The Hall–Kier alpha value is -5.63. The molecular formula is C32H23N5O10S3. The second-order valence-corrected chi connectivity index (χ2v) is 14.9. The zero-order valence-electron chi connectivity index (χ0n) is 25.1. The van der Waals surface area contributed by atoms with Crippen LogP contribution < -0.4 is 5.32 Å². The van der Waals surface area contributed by atoms with Gasteiger partial charge in [0.15, 0.2) is 5.75 Å². The molecule has 0 radical (unpaired) electrons. The highest BCUT2D eigenvalue weighted by molar-refractivity contribution is 7.87. The van der Waals surface area contributed by atoms with Crippen LogP contribution >= 0.6 is 0 Å². The van der Waals surface area contributed by atoms with Gasteiger partial charge < -0.3 is 10.4 Å². The van der Waals surface area contributed by atoms with E-state index in [4.69, 9.17) is 0 Å². The van der Waals surface area contributed by atoms with Gasteiger partial charge in [0.1, 0.15) is 15.5 Å². The molecule has 0 saturated carbocycles. The normalized spacial score (nSPS) is 12.7. The van der Waals surface area contributed by atoms with Gasteiger partial charge in [-0.25, -0.2) is 0 Å². The van der Waals surface area contributed by atoms with Crippen LogP contribution in [0.4, 0.5) is 34.1 Å². The number of hydrogen-bond donors (Lipinski definition) is 5. The van der Waals surface area contributed by atoms with E-state index in [0.717, 1.165) is 11.8 Å². The van der Waals surface area contributed by atoms with Gasteiger partial charge in [-0.1, -0.05) is 24.3 Å². The van der Waals surface area contributed by atoms with Crippen LogP contribution in [0.3, 0.4) is 0 Å². The van der Waals surface area contributed by atoms with Crippen molar-refractivity contribution < 1.29 is 44.0 Å². The van der Waals surface area contributed by atoms with Gasteiger partial charge in [-0.15, -0.1) is 5.11 Å². The first-order chi connectivity index (χ1) is 23.6. The van der Waals surface area contributed by atoms with Crippen molar-refractivity contribution in [2.75, 3.05) is 5.32 Å². The lowest BCUT2D eigenvalue weighted by Gasteiger charge is -2.11. The number of para-hydroxylation sites is 1. The molecule has 0 aliphatic carbocycles. The fourth-order valence-electron chi connectivity index (χ4n) is 4.93. The van der Waals surface area contributed by atoms with E-state index in [1.165, 1.54) is 48.5 Å². The van der Waals surface area contributed by atoms with Crippen LogP contribution in [0.5, 0.6) is 5.75 Å². The van der Waals surface area contributed by atoms with Crippen LogP contribution in [0.25, 0.3) is 21.5 Å². The van der Waals surface area contributed by atoms with Gasteiger partial charge >= 0.3 is 0 Å². The third kappa shape index (κ3) is 7.49. The van der Waals surface area contributed by atoms with Gasteiger partial charge in [0.25, 0.3) is 30.4 Å². The van der Waals surface area contributed by atoms with Crippen molar-refractivity contribution in [3.63, 3.8) is 0 Å². The molecule has 6 aromatic carbocycles. The highest BCUT2D eigenvalue weighted by Gasteiger charge is 2.23. The van der Waals surface area contributed by atoms with Crippen molar-refractivity contribution in [3.8, 4) is 5.75 Å². The van der Waals surface area contributed by atoms with Crippen molar-refractivity contribution in [3.05, 3.63) is 109 Å². The molecule has 0 aromatic heterocycles. The molecule has 0 aliphatic heterocycles. The maximum absolute atomic E-state index is 12.3. The van der Waals surface area contributed by atoms with E-state index < -0.39 is 56.5 Å².